The zero-order chi connectivity index (χ0) is 19.4. The molecule has 9 heteroatoms. The summed E-state index contributed by atoms with van der Waals surface area (Å²) >= 11 is 0. The number of hydrogen-bond acceptors (Lipinski definition) is 3. The molecule has 2 heterocycles. The van der Waals surface area contributed by atoms with E-state index in [4.69, 9.17) is 0 Å². The van der Waals surface area contributed by atoms with Crippen LogP contribution in [0.15, 0.2) is 54.6 Å². The molecule has 2 amide bonds. The second kappa shape index (κ2) is 5.98. The highest BCUT2D eigenvalue weighted by Crippen LogP contribution is 2.39. The number of sulfone groups is 1. The molecule has 0 aliphatic carbocycles. The number of carbonyl (C=O) groups excluding carboxylic acids is 1. The molecule has 0 spiro atoms. The Morgan fingerprint density at radius 2 is 1.41 bits per heavy atom. The molecule has 2 aromatic rings. The predicted octanol–water partition coefficient (Wildman–Crippen LogP) is 3.32. The Balaban J connectivity index is 1.80. The second-order valence-electron chi connectivity index (χ2n) is 6.62. The van der Waals surface area contributed by atoms with Gasteiger partial charge in [0.2, 0.25) is 0 Å². The van der Waals surface area contributed by atoms with Crippen molar-refractivity contribution in [1.29, 1.82) is 0 Å². The number of amides is 2. The highest BCUT2D eigenvalue weighted by molar-refractivity contribution is 7.91. The Kier molecular flexibility index (Phi) is 3.95. The summed E-state index contributed by atoms with van der Waals surface area (Å²) in [7, 11) is -3.41. The quantitative estimate of drug-likeness (QED) is 0.732. The van der Waals surface area contributed by atoms with E-state index in [1.165, 1.54) is 21.9 Å². The minimum Gasteiger partial charge on any atom is -0.288 e. The van der Waals surface area contributed by atoms with Crippen LogP contribution in [0, 0.1) is 0 Å². The Labute approximate surface area is 153 Å². The molecular weight excluding hydrogens is 381 g/mol. The lowest BCUT2D eigenvalue weighted by Gasteiger charge is -2.23. The fourth-order valence-corrected chi connectivity index (χ4v) is 5.65. The van der Waals surface area contributed by atoms with Crippen LogP contribution in [0.4, 0.5) is 29.3 Å². The van der Waals surface area contributed by atoms with Crippen molar-refractivity contribution in [2.45, 2.75) is 18.3 Å². The van der Waals surface area contributed by atoms with Gasteiger partial charge in [0.15, 0.2) is 9.84 Å². The van der Waals surface area contributed by atoms with E-state index in [-0.39, 0.29) is 17.2 Å². The number of para-hydroxylation sites is 1. The smallest absolute Gasteiger partial charge is 0.288 e. The van der Waals surface area contributed by atoms with Gasteiger partial charge in [-0.3, -0.25) is 9.80 Å². The summed E-state index contributed by atoms with van der Waals surface area (Å²) < 4.78 is 63.6. The van der Waals surface area contributed by atoms with Gasteiger partial charge >= 0.3 is 12.2 Å². The zero-order valence-electron chi connectivity index (χ0n) is 13.9. The predicted molar refractivity (Wildman–Crippen MR) is 94.5 cm³/mol. The van der Waals surface area contributed by atoms with Crippen molar-refractivity contribution in [1.82, 2.24) is 0 Å². The first kappa shape index (κ1) is 17.8. The van der Waals surface area contributed by atoms with Crippen LogP contribution in [-0.2, 0) is 16.0 Å². The lowest BCUT2D eigenvalue weighted by molar-refractivity contribution is -0.137. The molecule has 27 heavy (non-hydrogen) atoms. The molecule has 0 unspecified atom stereocenters. The van der Waals surface area contributed by atoms with Crippen molar-refractivity contribution < 1.29 is 26.4 Å². The molecule has 2 fully saturated rings. The Hall–Kier alpha value is -2.55. The largest absolute Gasteiger partial charge is 0.416 e. The van der Waals surface area contributed by atoms with E-state index in [1.54, 1.807) is 30.3 Å². The van der Waals surface area contributed by atoms with Crippen molar-refractivity contribution in [2.75, 3.05) is 21.3 Å². The van der Waals surface area contributed by atoms with Gasteiger partial charge in [0.25, 0.3) is 0 Å². The summed E-state index contributed by atoms with van der Waals surface area (Å²) in [5.41, 5.74) is -0.326. The highest BCUT2D eigenvalue weighted by Gasteiger charge is 2.54. The third-order valence-corrected chi connectivity index (χ3v) is 6.55. The summed E-state index contributed by atoms with van der Waals surface area (Å²) in [6, 6.07) is 11.1. The van der Waals surface area contributed by atoms with Crippen LogP contribution in [-0.4, -0.2) is 38.0 Å². The van der Waals surface area contributed by atoms with E-state index in [2.05, 4.69) is 0 Å². The minimum absolute atomic E-state index is 0.0420. The molecule has 2 aromatic carbocycles. The van der Waals surface area contributed by atoms with Crippen LogP contribution in [0.2, 0.25) is 0 Å². The van der Waals surface area contributed by atoms with Crippen molar-refractivity contribution in [3.05, 3.63) is 60.2 Å². The number of rotatable bonds is 2. The lowest BCUT2D eigenvalue weighted by atomic mass is 10.1. The molecule has 2 atom stereocenters. The molecule has 2 aliphatic rings. The van der Waals surface area contributed by atoms with Gasteiger partial charge < -0.3 is 0 Å². The van der Waals surface area contributed by atoms with E-state index in [1.807, 2.05) is 0 Å². The number of fused-ring (bicyclic) bond motifs is 1. The van der Waals surface area contributed by atoms with E-state index in [0.717, 1.165) is 12.1 Å². The standard InChI is InChI=1S/C18H15F3N2O3S/c19-18(20,21)12-5-4-8-14(9-12)23-16-11-27(25,26)10-15(16)22(17(23)24)13-6-2-1-3-7-13/h1-9,15-16H,10-11H2/t15-,16-/m0/s1. The number of benzene rings is 2. The van der Waals surface area contributed by atoms with Crippen molar-refractivity contribution in [3.63, 3.8) is 0 Å². The average molecular weight is 396 g/mol. The summed E-state index contributed by atoms with van der Waals surface area (Å²) in [6.07, 6.45) is -4.56. The molecule has 0 bridgehead atoms. The van der Waals surface area contributed by atoms with Crippen LogP contribution >= 0.6 is 0 Å². The third-order valence-electron chi connectivity index (χ3n) is 4.86. The van der Waals surface area contributed by atoms with Crippen molar-refractivity contribution in [3.8, 4) is 0 Å². The third kappa shape index (κ3) is 3.05. The van der Waals surface area contributed by atoms with Crippen LogP contribution in [0.1, 0.15) is 5.56 Å². The van der Waals surface area contributed by atoms with Gasteiger partial charge in [-0.2, -0.15) is 13.2 Å². The maximum atomic E-state index is 13.1. The molecule has 4 rings (SSSR count). The summed E-state index contributed by atoms with van der Waals surface area (Å²) in [4.78, 5) is 15.6. The van der Waals surface area contributed by atoms with E-state index in [9.17, 15) is 26.4 Å². The fourth-order valence-electron chi connectivity index (χ4n) is 3.73. The van der Waals surface area contributed by atoms with Crippen LogP contribution < -0.4 is 9.80 Å². The van der Waals surface area contributed by atoms with E-state index < -0.39 is 39.7 Å². The van der Waals surface area contributed by atoms with Gasteiger partial charge in [0.05, 0.1) is 29.2 Å². The Bertz CT molecular complexity index is 992. The molecule has 2 saturated heterocycles. The summed E-state index contributed by atoms with van der Waals surface area (Å²) in [6.45, 7) is 0. The van der Waals surface area contributed by atoms with Gasteiger partial charge in [-0.05, 0) is 30.3 Å². The number of hydrogen-bond donors (Lipinski definition) is 0. The van der Waals surface area contributed by atoms with Crippen LogP contribution in [0.3, 0.4) is 0 Å². The van der Waals surface area contributed by atoms with Gasteiger partial charge in [-0.1, -0.05) is 24.3 Å². The molecule has 142 valence electrons. The Morgan fingerprint density at radius 3 is 2.00 bits per heavy atom. The first-order valence-electron chi connectivity index (χ1n) is 8.22. The molecule has 2 aliphatic heterocycles. The number of anilines is 2. The van der Waals surface area contributed by atoms with Crippen molar-refractivity contribution in [2.24, 2.45) is 0 Å². The summed E-state index contributed by atoms with van der Waals surface area (Å²) in [5.74, 6) is -0.489. The van der Waals surface area contributed by atoms with Crippen molar-refractivity contribution >= 4 is 27.2 Å². The van der Waals surface area contributed by atoms with Gasteiger partial charge in [-0.25, -0.2) is 13.2 Å². The molecule has 0 saturated carbocycles. The van der Waals surface area contributed by atoms with Gasteiger partial charge in [-0.15, -0.1) is 0 Å². The fraction of sp³-hybridized carbons (Fsp3) is 0.278. The van der Waals surface area contributed by atoms with Gasteiger partial charge in [0, 0.05) is 11.4 Å². The topological polar surface area (TPSA) is 57.7 Å². The number of urea groups is 1. The molecule has 0 aromatic heterocycles. The SMILES string of the molecule is O=C1N(c2ccccc2)[C@H]2CS(=O)(=O)C[C@@H]2N1c1cccc(C(F)(F)F)c1. The van der Waals surface area contributed by atoms with Crippen LogP contribution in [0.25, 0.3) is 0 Å². The first-order chi connectivity index (χ1) is 12.7. The molecule has 0 N–H and O–H groups in total. The number of nitrogens with zero attached hydrogens (tertiary/aromatic N) is 2. The number of halogens is 3. The zero-order valence-corrected chi connectivity index (χ0v) is 14.7. The average Bonchev–Trinajstić information content (AvgIpc) is 3.03. The number of alkyl halides is 3. The normalized spacial score (nSPS) is 24.3. The van der Waals surface area contributed by atoms with E-state index >= 15 is 0 Å². The Morgan fingerprint density at radius 1 is 0.852 bits per heavy atom. The lowest BCUT2D eigenvalue weighted by Crippen LogP contribution is -2.38. The minimum atomic E-state index is -4.56. The van der Waals surface area contributed by atoms with Gasteiger partial charge in [0.1, 0.15) is 0 Å². The second-order valence-corrected chi connectivity index (χ2v) is 8.77. The summed E-state index contributed by atoms with van der Waals surface area (Å²) in [5, 5.41) is 0. The maximum absolute atomic E-state index is 13.1. The molecule has 0 radical (unpaired) electrons. The molecule has 5 nitrogen and oxygen atoms in total. The monoisotopic (exact) mass is 396 g/mol. The first-order valence-corrected chi connectivity index (χ1v) is 10.0. The molecular formula is C18H15F3N2O3S. The number of carbonyl (C=O) groups is 1. The van der Waals surface area contributed by atoms with E-state index in [0.29, 0.717) is 5.69 Å². The maximum Gasteiger partial charge on any atom is 0.416 e. The van der Waals surface area contributed by atoms with Crippen LogP contribution in [0.5, 0.6) is 0 Å². The highest BCUT2D eigenvalue weighted by atomic mass is 32.2.